The van der Waals surface area contributed by atoms with E-state index >= 15 is 0 Å². The van der Waals surface area contributed by atoms with Crippen LogP contribution in [0.2, 0.25) is 5.02 Å². The van der Waals surface area contributed by atoms with Crippen LogP contribution in [0.4, 0.5) is 10.1 Å². The molecule has 3 rings (SSSR count). The van der Waals surface area contributed by atoms with Crippen LogP contribution in [0.3, 0.4) is 0 Å². The Hall–Kier alpha value is -2.65. The molecule has 0 bridgehead atoms. The SMILES string of the molecule is C[C@@H](C(=O)Nc1ccc(Cl)cc1)c1ccc(-c2ccccc2)c(F)c1. The summed E-state index contributed by atoms with van der Waals surface area (Å²) in [7, 11) is 0. The van der Waals surface area contributed by atoms with Gasteiger partial charge in [0, 0.05) is 16.3 Å². The maximum atomic E-state index is 14.5. The molecule has 0 fully saturated rings. The van der Waals surface area contributed by atoms with Gasteiger partial charge < -0.3 is 5.32 Å². The van der Waals surface area contributed by atoms with Gasteiger partial charge in [-0.2, -0.15) is 0 Å². The second-order valence-corrected chi connectivity index (χ2v) is 6.26. The molecule has 3 aromatic rings. The van der Waals surface area contributed by atoms with Crippen molar-refractivity contribution in [3.8, 4) is 11.1 Å². The van der Waals surface area contributed by atoms with E-state index in [0.717, 1.165) is 5.56 Å². The quantitative estimate of drug-likeness (QED) is 0.622. The molecule has 1 amide bonds. The largest absolute Gasteiger partial charge is 0.326 e. The van der Waals surface area contributed by atoms with Gasteiger partial charge in [-0.25, -0.2) is 4.39 Å². The van der Waals surface area contributed by atoms with Gasteiger partial charge in [-0.05, 0) is 48.4 Å². The van der Waals surface area contributed by atoms with Gasteiger partial charge in [0.15, 0.2) is 0 Å². The van der Waals surface area contributed by atoms with Crippen LogP contribution in [0.15, 0.2) is 72.8 Å². The molecule has 3 aromatic carbocycles. The maximum absolute atomic E-state index is 14.5. The Balaban J connectivity index is 1.78. The lowest BCUT2D eigenvalue weighted by Crippen LogP contribution is -2.19. The first-order valence-electron chi connectivity index (χ1n) is 7.96. The zero-order chi connectivity index (χ0) is 17.8. The van der Waals surface area contributed by atoms with Gasteiger partial charge in [0.1, 0.15) is 5.82 Å². The molecule has 126 valence electrons. The number of benzene rings is 3. The molecule has 0 spiro atoms. The summed E-state index contributed by atoms with van der Waals surface area (Å²) in [6.07, 6.45) is 0. The minimum atomic E-state index is -0.477. The highest BCUT2D eigenvalue weighted by Crippen LogP contribution is 2.27. The van der Waals surface area contributed by atoms with Crippen LogP contribution < -0.4 is 5.32 Å². The molecule has 1 N–H and O–H groups in total. The van der Waals surface area contributed by atoms with E-state index in [9.17, 15) is 9.18 Å². The van der Waals surface area contributed by atoms with Gasteiger partial charge in [0.2, 0.25) is 5.91 Å². The summed E-state index contributed by atoms with van der Waals surface area (Å²) < 4.78 is 14.5. The van der Waals surface area contributed by atoms with Crippen molar-refractivity contribution in [3.63, 3.8) is 0 Å². The summed E-state index contributed by atoms with van der Waals surface area (Å²) in [5.74, 6) is -1.01. The Morgan fingerprint density at radius 1 is 1.00 bits per heavy atom. The van der Waals surface area contributed by atoms with E-state index in [1.54, 1.807) is 43.3 Å². The molecule has 0 aliphatic rings. The van der Waals surface area contributed by atoms with Crippen molar-refractivity contribution in [1.29, 1.82) is 0 Å². The zero-order valence-corrected chi connectivity index (χ0v) is 14.4. The fourth-order valence-electron chi connectivity index (χ4n) is 2.59. The molecule has 0 saturated heterocycles. The minimum absolute atomic E-state index is 0.200. The lowest BCUT2D eigenvalue weighted by atomic mass is 9.96. The summed E-state index contributed by atoms with van der Waals surface area (Å²) in [4.78, 5) is 12.4. The molecule has 0 unspecified atom stereocenters. The van der Waals surface area contributed by atoms with Crippen LogP contribution >= 0.6 is 11.6 Å². The van der Waals surface area contributed by atoms with Crippen LogP contribution in [0.5, 0.6) is 0 Å². The number of rotatable bonds is 4. The third-order valence-electron chi connectivity index (χ3n) is 4.08. The highest BCUT2D eigenvalue weighted by molar-refractivity contribution is 6.30. The van der Waals surface area contributed by atoms with Crippen molar-refractivity contribution in [3.05, 3.63) is 89.2 Å². The number of hydrogen-bond donors (Lipinski definition) is 1. The van der Waals surface area contributed by atoms with E-state index in [1.165, 1.54) is 6.07 Å². The van der Waals surface area contributed by atoms with Crippen LogP contribution in [-0.4, -0.2) is 5.91 Å². The van der Waals surface area contributed by atoms with Crippen LogP contribution in [0.1, 0.15) is 18.4 Å². The number of hydrogen-bond acceptors (Lipinski definition) is 1. The van der Waals surface area contributed by atoms with Gasteiger partial charge >= 0.3 is 0 Å². The normalized spacial score (nSPS) is 11.8. The minimum Gasteiger partial charge on any atom is -0.326 e. The highest BCUT2D eigenvalue weighted by atomic mass is 35.5. The summed E-state index contributed by atoms with van der Waals surface area (Å²) in [6, 6.07) is 21.1. The van der Waals surface area contributed by atoms with Crippen molar-refractivity contribution in [2.45, 2.75) is 12.8 Å². The maximum Gasteiger partial charge on any atom is 0.231 e. The molecule has 0 aromatic heterocycles. The molecule has 0 aliphatic heterocycles. The second-order valence-electron chi connectivity index (χ2n) is 5.82. The predicted octanol–water partition coefficient (Wildman–Crippen LogP) is 5.89. The van der Waals surface area contributed by atoms with E-state index in [1.807, 2.05) is 30.3 Å². The van der Waals surface area contributed by atoms with E-state index in [-0.39, 0.29) is 11.7 Å². The zero-order valence-electron chi connectivity index (χ0n) is 13.7. The Morgan fingerprint density at radius 2 is 1.68 bits per heavy atom. The van der Waals surface area contributed by atoms with E-state index in [4.69, 9.17) is 11.6 Å². The van der Waals surface area contributed by atoms with Crippen molar-refractivity contribution in [2.24, 2.45) is 0 Å². The van der Waals surface area contributed by atoms with Gasteiger partial charge in [-0.1, -0.05) is 54.1 Å². The number of carbonyl (C=O) groups is 1. The van der Waals surface area contributed by atoms with E-state index < -0.39 is 5.92 Å². The predicted molar refractivity (Wildman–Crippen MR) is 100 cm³/mol. The first kappa shape index (κ1) is 17.2. The molecule has 1 atom stereocenters. The van der Waals surface area contributed by atoms with Crippen molar-refractivity contribution >= 4 is 23.2 Å². The lowest BCUT2D eigenvalue weighted by Gasteiger charge is -2.14. The topological polar surface area (TPSA) is 29.1 Å². The van der Waals surface area contributed by atoms with Crippen LogP contribution in [0.25, 0.3) is 11.1 Å². The monoisotopic (exact) mass is 353 g/mol. The first-order valence-corrected chi connectivity index (χ1v) is 8.33. The summed E-state index contributed by atoms with van der Waals surface area (Å²) >= 11 is 5.84. The average Bonchev–Trinajstić information content (AvgIpc) is 2.63. The Bertz CT molecular complexity index is 878. The highest BCUT2D eigenvalue weighted by Gasteiger charge is 2.17. The Labute approximate surface area is 151 Å². The summed E-state index contributed by atoms with van der Waals surface area (Å²) in [5, 5.41) is 3.41. The standard InChI is InChI=1S/C21H17ClFNO/c1-14(21(25)24-18-10-8-17(22)9-11-18)16-7-12-19(20(23)13-16)15-5-3-2-4-6-15/h2-14H,1H3,(H,24,25)/t14-/m1/s1. The van der Waals surface area contributed by atoms with Crippen molar-refractivity contribution in [2.75, 3.05) is 5.32 Å². The molecule has 25 heavy (non-hydrogen) atoms. The third-order valence-corrected chi connectivity index (χ3v) is 4.33. The number of amides is 1. The smallest absolute Gasteiger partial charge is 0.231 e. The number of anilines is 1. The molecule has 0 radical (unpaired) electrons. The van der Waals surface area contributed by atoms with Gasteiger partial charge in [0.25, 0.3) is 0 Å². The number of nitrogens with one attached hydrogen (secondary N) is 1. The summed E-state index contributed by atoms with van der Waals surface area (Å²) in [6.45, 7) is 1.75. The van der Waals surface area contributed by atoms with Crippen molar-refractivity contribution in [1.82, 2.24) is 0 Å². The molecular weight excluding hydrogens is 337 g/mol. The van der Waals surface area contributed by atoms with Gasteiger partial charge in [-0.3, -0.25) is 4.79 Å². The molecule has 0 saturated carbocycles. The van der Waals surface area contributed by atoms with Crippen LogP contribution in [0, 0.1) is 5.82 Å². The Morgan fingerprint density at radius 3 is 2.32 bits per heavy atom. The fraction of sp³-hybridized carbons (Fsp3) is 0.0952. The van der Waals surface area contributed by atoms with Crippen molar-refractivity contribution < 1.29 is 9.18 Å². The van der Waals surface area contributed by atoms with Crippen LogP contribution in [-0.2, 0) is 4.79 Å². The molecular formula is C21H17ClFNO. The number of halogens is 2. The molecule has 0 aliphatic carbocycles. The molecule has 2 nitrogen and oxygen atoms in total. The van der Waals surface area contributed by atoms with E-state index in [2.05, 4.69) is 5.32 Å². The van der Waals surface area contributed by atoms with E-state index in [0.29, 0.717) is 21.8 Å². The molecule has 4 heteroatoms. The fourth-order valence-corrected chi connectivity index (χ4v) is 2.71. The van der Waals surface area contributed by atoms with Gasteiger partial charge in [0.05, 0.1) is 5.92 Å². The second kappa shape index (κ2) is 7.49. The third kappa shape index (κ3) is 4.06. The molecule has 0 heterocycles. The number of carbonyl (C=O) groups excluding carboxylic acids is 1. The Kier molecular flexibility index (Phi) is 5.15. The summed E-state index contributed by atoms with van der Waals surface area (Å²) in [5.41, 5.74) is 2.62. The lowest BCUT2D eigenvalue weighted by molar-refractivity contribution is -0.117. The first-order chi connectivity index (χ1) is 12.0. The van der Waals surface area contributed by atoms with Gasteiger partial charge in [-0.15, -0.1) is 0 Å². The average molecular weight is 354 g/mol.